The van der Waals surface area contributed by atoms with Crippen molar-refractivity contribution in [3.8, 4) is 0 Å². The zero-order valence-corrected chi connectivity index (χ0v) is 9.07. The average Bonchev–Trinajstić information content (AvgIpc) is 2.15. The molecule has 1 aliphatic heterocycles. The van der Waals surface area contributed by atoms with E-state index in [9.17, 15) is 0 Å². The highest BCUT2D eigenvalue weighted by Crippen LogP contribution is 2.20. The molecule has 3 N–H and O–H groups in total. The van der Waals surface area contributed by atoms with Crippen LogP contribution in [0.25, 0.3) is 0 Å². The molecule has 0 amide bonds. The predicted molar refractivity (Wildman–Crippen MR) is 59.5 cm³/mol. The number of thioether (sulfide) groups is 1. The van der Waals surface area contributed by atoms with E-state index >= 15 is 0 Å². The largest absolute Gasteiger partial charge is 0.388 e. The van der Waals surface area contributed by atoms with Gasteiger partial charge in [-0.25, -0.2) is 0 Å². The number of nitrogens with two attached hydrogens (primary N) is 1. The van der Waals surface area contributed by atoms with Gasteiger partial charge in [0.05, 0.1) is 5.84 Å². The topological polar surface area (TPSA) is 53.1 Å². The molecule has 76 valence electrons. The van der Waals surface area contributed by atoms with E-state index in [1.165, 1.54) is 18.7 Å². The molecule has 1 heterocycles. The second kappa shape index (κ2) is 5.50. The molecule has 0 saturated carbocycles. The third-order valence-corrected chi connectivity index (χ3v) is 3.75. The van der Waals surface area contributed by atoms with Gasteiger partial charge in [-0.15, -0.1) is 0 Å². The molecule has 4 heteroatoms. The molecule has 0 aliphatic carbocycles. The van der Waals surface area contributed by atoms with Gasteiger partial charge in [0.15, 0.2) is 0 Å². The molecule has 0 spiro atoms. The normalized spacial score (nSPS) is 24.5. The van der Waals surface area contributed by atoms with Crippen molar-refractivity contribution < 1.29 is 0 Å². The number of nitrogens with zero attached hydrogens (tertiary/aromatic N) is 1. The van der Waals surface area contributed by atoms with Gasteiger partial charge < -0.3 is 10.6 Å². The summed E-state index contributed by atoms with van der Waals surface area (Å²) in [4.78, 5) is 2.42. The van der Waals surface area contributed by atoms with Gasteiger partial charge in [0.2, 0.25) is 0 Å². The summed E-state index contributed by atoms with van der Waals surface area (Å²) in [5, 5.41) is 7.95. The maximum atomic E-state index is 7.15. The summed E-state index contributed by atoms with van der Waals surface area (Å²) < 4.78 is 0. The van der Waals surface area contributed by atoms with Crippen LogP contribution in [0.2, 0.25) is 0 Å². The molecule has 1 saturated heterocycles. The van der Waals surface area contributed by atoms with Crippen molar-refractivity contribution in [3.63, 3.8) is 0 Å². The van der Waals surface area contributed by atoms with E-state index in [-0.39, 0.29) is 0 Å². The lowest BCUT2D eigenvalue weighted by Gasteiger charge is -2.31. The Bertz CT molecular complexity index is 172. The average molecular weight is 201 g/mol. The fourth-order valence-corrected chi connectivity index (χ4v) is 2.76. The van der Waals surface area contributed by atoms with Gasteiger partial charge in [-0.2, -0.15) is 11.8 Å². The Labute approximate surface area is 84.6 Å². The van der Waals surface area contributed by atoms with Gasteiger partial charge in [0.1, 0.15) is 0 Å². The Morgan fingerprint density at radius 2 is 2.46 bits per heavy atom. The first-order chi connectivity index (χ1) is 6.22. The summed E-state index contributed by atoms with van der Waals surface area (Å²) in [5.74, 6) is 1.54. The first-order valence-electron chi connectivity index (χ1n) is 4.89. The standard InChI is InChI=1S/C9H19N3S/c1-2-8-7-12(5-6-13-8)4-3-9(10)11/h8H,2-7H2,1H3,(H3,10,11). The Hall–Kier alpha value is -0.220. The number of hydrogen-bond donors (Lipinski definition) is 2. The minimum Gasteiger partial charge on any atom is -0.388 e. The maximum absolute atomic E-state index is 7.15. The van der Waals surface area contributed by atoms with Crippen LogP contribution >= 0.6 is 11.8 Å². The number of hydrogen-bond acceptors (Lipinski definition) is 3. The summed E-state index contributed by atoms with van der Waals surface area (Å²) in [5.41, 5.74) is 5.33. The molecule has 0 aromatic carbocycles. The van der Waals surface area contributed by atoms with Crippen molar-refractivity contribution in [2.45, 2.75) is 25.0 Å². The third kappa shape index (κ3) is 4.00. The van der Waals surface area contributed by atoms with E-state index in [0.29, 0.717) is 5.84 Å². The predicted octanol–water partition coefficient (Wildman–Crippen LogP) is 1.14. The molecule has 1 unspecified atom stereocenters. The molecule has 13 heavy (non-hydrogen) atoms. The molecule has 0 bridgehead atoms. The van der Waals surface area contributed by atoms with Crippen LogP contribution in [0.4, 0.5) is 0 Å². The number of nitrogens with one attached hydrogen (secondary N) is 1. The van der Waals surface area contributed by atoms with Crippen molar-refractivity contribution in [3.05, 3.63) is 0 Å². The molecule has 1 aliphatic rings. The van der Waals surface area contributed by atoms with E-state index in [1.54, 1.807) is 0 Å². The first-order valence-corrected chi connectivity index (χ1v) is 5.94. The molecule has 3 nitrogen and oxygen atoms in total. The quantitative estimate of drug-likeness (QED) is 0.530. The van der Waals surface area contributed by atoms with Crippen LogP contribution in [-0.2, 0) is 0 Å². The van der Waals surface area contributed by atoms with E-state index < -0.39 is 0 Å². The highest BCUT2D eigenvalue weighted by atomic mass is 32.2. The molecule has 1 rings (SSSR count). The van der Waals surface area contributed by atoms with Crippen molar-refractivity contribution >= 4 is 17.6 Å². The Balaban J connectivity index is 2.21. The monoisotopic (exact) mass is 201 g/mol. The molecular formula is C9H19N3S. The molecular weight excluding hydrogens is 182 g/mol. The molecule has 1 atom stereocenters. The summed E-state index contributed by atoms with van der Waals surface area (Å²) >= 11 is 2.07. The summed E-state index contributed by atoms with van der Waals surface area (Å²) in [7, 11) is 0. The molecule has 0 aromatic rings. The number of amidine groups is 1. The van der Waals surface area contributed by atoms with Crippen molar-refractivity contribution in [2.24, 2.45) is 5.73 Å². The molecule has 0 aromatic heterocycles. The highest BCUT2D eigenvalue weighted by molar-refractivity contribution is 8.00. The third-order valence-electron chi connectivity index (χ3n) is 2.38. The first kappa shape index (κ1) is 10.9. The van der Waals surface area contributed by atoms with Gasteiger partial charge in [0, 0.05) is 37.1 Å². The van der Waals surface area contributed by atoms with Crippen molar-refractivity contribution in [1.29, 1.82) is 5.41 Å². The number of rotatable bonds is 4. The Morgan fingerprint density at radius 3 is 3.08 bits per heavy atom. The SMILES string of the molecule is CCC1CN(CCC(=N)N)CCS1. The van der Waals surface area contributed by atoms with Crippen LogP contribution < -0.4 is 5.73 Å². The summed E-state index contributed by atoms with van der Waals surface area (Å²) in [6, 6.07) is 0. The minimum atomic E-state index is 0.311. The summed E-state index contributed by atoms with van der Waals surface area (Å²) in [6.45, 7) is 5.54. The lowest BCUT2D eigenvalue weighted by atomic mass is 10.2. The van der Waals surface area contributed by atoms with Gasteiger partial charge in [-0.3, -0.25) is 5.41 Å². The highest BCUT2D eigenvalue weighted by Gasteiger charge is 2.18. The lowest BCUT2D eigenvalue weighted by molar-refractivity contribution is 0.289. The molecule has 0 radical (unpaired) electrons. The fraction of sp³-hybridized carbons (Fsp3) is 0.889. The van der Waals surface area contributed by atoms with Gasteiger partial charge >= 0.3 is 0 Å². The van der Waals surface area contributed by atoms with Crippen molar-refractivity contribution in [1.82, 2.24) is 4.90 Å². The van der Waals surface area contributed by atoms with E-state index in [4.69, 9.17) is 11.1 Å². The van der Waals surface area contributed by atoms with E-state index in [1.807, 2.05) is 0 Å². The van der Waals surface area contributed by atoms with Crippen LogP contribution in [0.5, 0.6) is 0 Å². The van der Waals surface area contributed by atoms with Crippen LogP contribution in [0.3, 0.4) is 0 Å². The Kier molecular flexibility index (Phi) is 4.59. The zero-order chi connectivity index (χ0) is 9.68. The van der Waals surface area contributed by atoms with Crippen LogP contribution in [0, 0.1) is 5.41 Å². The van der Waals surface area contributed by atoms with E-state index in [2.05, 4.69) is 23.6 Å². The van der Waals surface area contributed by atoms with Crippen molar-refractivity contribution in [2.75, 3.05) is 25.4 Å². The lowest BCUT2D eigenvalue weighted by Crippen LogP contribution is -2.39. The van der Waals surface area contributed by atoms with Crippen LogP contribution in [0.1, 0.15) is 19.8 Å². The zero-order valence-electron chi connectivity index (χ0n) is 8.25. The van der Waals surface area contributed by atoms with E-state index in [0.717, 1.165) is 24.8 Å². The second-order valence-corrected chi connectivity index (χ2v) is 4.89. The second-order valence-electron chi connectivity index (χ2n) is 3.48. The van der Waals surface area contributed by atoms with Crippen LogP contribution in [0.15, 0.2) is 0 Å². The Morgan fingerprint density at radius 1 is 1.69 bits per heavy atom. The fourth-order valence-electron chi connectivity index (χ4n) is 1.51. The van der Waals surface area contributed by atoms with Gasteiger partial charge in [-0.1, -0.05) is 6.92 Å². The molecule has 1 fully saturated rings. The smallest absolute Gasteiger partial charge is 0.0918 e. The van der Waals surface area contributed by atoms with Gasteiger partial charge in [0.25, 0.3) is 0 Å². The maximum Gasteiger partial charge on any atom is 0.0918 e. The summed E-state index contributed by atoms with van der Waals surface area (Å²) in [6.07, 6.45) is 1.97. The van der Waals surface area contributed by atoms with Crippen LogP contribution in [-0.4, -0.2) is 41.4 Å². The minimum absolute atomic E-state index is 0.311. The van der Waals surface area contributed by atoms with Gasteiger partial charge in [-0.05, 0) is 6.42 Å².